The fourth-order valence-electron chi connectivity index (χ4n) is 2.49. The smallest absolute Gasteiger partial charge is 0.343 e. The number of hydrogen-bond donors (Lipinski definition) is 0. The topological polar surface area (TPSA) is 52.6 Å². The molecular formula is C22H16Br2O4. The van der Waals surface area contributed by atoms with Gasteiger partial charge in [-0.25, -0.2) is 9.59 Å². The highest BCUT2D eigenvalue weighted by molar-refractivity contribution is 9.08. The molecule has 0 atom stereocenters. The Labute approximate surface area is 179 Å². The summed E-state index contributed by atoms with van der Waals surface area (Å²) in [7, 11) is 0. The van der Waals surface area contributed by atoms with Crippen LogP contribution >= 0.6 is 31.9 Å². The van der Waals surface area contributed by atoms with E-state index in [0.717, 1.165) is 11.1 Å². The van der Waals surface area contributed by atoms with Crippen molar-refractivity contribution >= 4 is 43.8 Å². The zero-order valence-corrected chi connectivity index (χ0v) is 17.9. The molecule has 0 saturated carbocycles. The summed E-state index contributed by atoms with van der Waals surface area (Å²) in [5.74, 6) is -0.187. The SMILES string of the molecule is O=C(Oc1cccc(CBr)c1)c1cccc(C(=O)Oc2cccc(CBr)c2)c1. The summed E-state index contributed by atoms with van der Waals surface area (Å²) in [6.07, 6.45) is 0. The summed E-state index contributed by atoms with van der Waals surface area (Å²) in [4.78, 5) is 24.9. The Hall–Kier alpha value is -2.44. The lowest BCUT2D eigenvalue weighted by Crippen LogP contribution is -2.12. The van der Waals surface area contributed by atoms with Gasteiger partial charge in [-0.3, -0.25) is 0 Å². The van der Waals surface area contributed by atoms with E-state index in [-0.39, 0.29) is 11.1 Å². The molecule has 0 heterocycles. The van der Waals surface area contributed by atoms with E-state index in [4.69, 9.17) is 9.47 Å². The highest BCUT2D eigenvalue weighted by atomic mass is 79.9. The first-order chi connectivity index (χ1) is 13.6. The van der Waals surface area contributed by atoms with E-state index in [2.05, 4.69) is 31.9 Å². The Morgan fingerprint density at radius 1 is 0.643 bits per heavy atom. The van der Waals surface area contributed by atoms with Crippen LogP contribution in [-0.4, -0.2) is 11.9 Å². The molecule has 0 saturated heterocycles. The summed E-state index contributed by atoms with van der Waals surface area (Å²) in [6, 6.07) is 20.7. The standard InChI is InChI=1S/C22H16Br2O4/c23-13-15-4-1-8-19(10-15)27-21(25)17-6-3-7-18(12-17)22(26)28-20-9-2-5-16(11-20)14-24/h1-12H,13-14H2. The zero-order valence-electron chi connectivity index (χ0n) is 14.7. The fourth-order valence-corrected chi connectivity index (χ4v) is 3.19. The van der Waals surface area contributed by atoms with Crippen LogP contribution in [0.1, 0.15) is 31.8 Å². The van der Waals surface area contributed by atoms with E-state index in [1.807, 2.05) is 24.3 Å². The van der Waals surface area contributed by atoms with Gasteiger partial charge in [0.15, 0.2) is 0 Å². The van der Waals surface area contributed by atoms with Gasteiger partial charge in [0, 0.05) is 10.7 Å². The van der Waals surface area contributed by atoms with Crippen LogP contribution in [0, 0.1) is 0 Å². The molecule has 0 bridgehead atoms. The third kappa shape index (κ3) is 5.30. The molecule has 0 N–H and O–H groups in total. The van der Waals surface area contributed by atoms with Crippen LogP contribution < -0.4 is 9.47 Å². The van der Waals surface area contributed by atoms with Crippen molar-refractivity contribution in [3.05, 3.63) is 95.1 Å². The van der Waals surface area contributed by atoms with Gasteiger partial charge >= 0.3 is 11.9 Å². The third-order valence-corrected chi connectivity index (χ3v) is 5.16. The van der Waals surface area contributed by atoms with Gasteiger partial charge in [0.2, 0.25) is 0 Å². The molecule has 6 heteroatoms. The van der Waals surface area contributed by atoms with Crippen molar-refractivity contribution in [1.82, 2.24) is 0 Å². The number of esters is 2. The van der Waals surface area contributed by atoms with Crippen molar-refractivity contribution in [2.24, 2.45) is 0 Å². The number of halogens is 2. The van der Waals surface area contributed by atoms with Crippen molar-refractivity contribution in [2.75, 3.05) is 0 Å². The first-order valence-corrected chi connectivity index (χ1v) is 10.7. The van der Waals surface area contributed by atoms with Gasteiger partial charge in [0.25, 0.3) is 0 Å². The predicted octanol–water partition coefficient (Wildman–Crippen LogP) is 5.91. The van der Waals surface area contributed by atoms with Gasteiger partial charge < -0.3 is 9.47 Å². The Balaban J connectivity index is 1.73. The number of carbonyl (C=O) groups is 2. The summed E-state index contributed by atoms with van der Waals surface area (Å²) in [6.45, 7) is 0. The fraction of sp³-hybridized carbons (Fsp3) is 0.0909. The first-order valence-electron chi connectivity index (χ1n) is 8.43. The minimum absolute atomic E-state index is 0.271. The van der Waals surface area contributed by atoms with Gasteiger partial charge in [0.1, 0.15) is 11.5 Å². The normalized spacial score (nSPS) is 10.4. The molecule has 3 rings (SSSR count). The summed E-state index contributed by atoms with van der Waals surface area (Å²) < 4.78 is 10.8. The maximum absolute atomic E-state index is 12.4. The van der Waals surface area contributed by atoms with Crippen LogP contribution in [-0.2, 0) is 10.7 Å². The molecule has 142 valence electrons. The summed E-state index contributed by atoms with van der Waals surface area (Å²) in [5.41, 5.74) is 2.53. The predicted molar refractivity (Wildman–Crippen MR) is 115 cm³/mol. The van der Waals surface area contributed by atoms with E-state index in [1.165, 1.54) is 6.07 Å². The lowest BCUT2D eigenvalue weighted by molar-refractivity contribution is 0.0734. The molecule has 0 aliphatic rings. The molecule has 0 radical (unpaired) electrons. The third-order valence-electron chi connectivity index (χ3n) is 3.86. The maximum atomic E-state index is 12.4. The molecule has 4 nitrogen and oxygen atoms in total. The second kappa shape index (κ2) is 9.66. The maximum Gasteiger partial charge on any atom is 0.343 e. The molecule has 0 spiro atoms. The van der Waals surface area contributed by atoms with E-state index in [9.17, 15) is 9.59 Å². The number of benzene rings is 3. The monoisotopic (exact) mass is 502 g/mol. The van der Waals surface area contributed by atoms with Crippen molar-refractivity contribution in [1.29, 1.82) is 0 Å². The van der Waals surface area contributed by atoms with E-state index >= 15 is 0 Å². The number of ether oxygens (including phenoxy) is 2. The molecule has 28 heavy (non-hydrogen) atoms. The lowest BCUT2D eigenvalue weighted by Gasteiger charge is -2.08. The number of alkyl halides is 2. The Bertz CT molecular complexity index is 924. The molecule has 3 aromatic rings. The van der Waals surface area contributed by atoms with Gasteiger partial charge in [0.05, 0.1) is 11.1 Å². The molecular weight excluding hydrogens is 488 g/mol. The Kier molecular flexibility index (Phi) is 7.01. The van der Waals surface area contributed by atoms with Crippen LogP contribution in [0.4, 0.5) is 0 Å². The van der Waals surface area contributed by atoms with E-state index in [0.29, 0.717) is 22.2 Å². The van der Waals surface area contributed by atoms with Gasteiger partial charge in [-0.05, 0) is 53.6 Å². The van der Waals surface area contributed by atoms with Gasteiger partial charge in [-0.15, -0.1) is 0 Å². The van der Waals surface area contributed by atoms with Crippen LogP contribution in [0.5, 0.6) is 11.5 Å². The van der Waals surface area contributed by atoms with Crippen molar-refractivity contribution < 1.29 is 19.1 Å². The minimum atomic E-state index is -0.539. The van der Waals surface area contributed by atoms with Gasteiger partial charge in [-0.1, -0.05) is 62.2 Å². The molecule has 0 fully saturated rings. The molecule has 0 aliphatic carbocycles. The Morgan fingerprint density at radius 2 is 1.07 bits per heavy atom. The Morgan fingerprint density at radius 3 is 1.50 bits per heavy atom. The summed E-state index contributed by atoms with van der Waals surface area (Å²) >= 11 is 6.74. The highest BCUT2D eigenvalue weighted by Crippen LogP contribution is 2.19. The molecule has 0 aliphatic heterocycles. The van der Waals surface area contributed by atoms with Crippen molar-refractivity contribution in [2.45, 2.75) is 10.7 Å². The number of carbonyl (C=O) groups excluding carboxylic acids is 2. The largest absolute Gasteiger partial charge is 0.423 e. The zero-order chi connectivity index (χ0) is 19.9. The van der Waals surface area contributed by atoms with Crippen molar-refractivity contribution in [3.8, 4) is 11.5 Å². The second-order valence-electron chi connectivity index (χ2n) is 5.92. The number of rotatable bonds is 6. The molecule has 0 unspecified atom stereocenters. The second-order valence-corrected chi connectivity index (χ2v) is 7.04. The van der Waals surface area contributed by atoms with Gasteiger partial charge in [-0.2, -0.15) is 0 Å². The van der Waals surface area contributed by atoms with Crippen LogP contribution in [0.25, 0.3) is 0 Å². The van der Waals surface area contributed by atoms with E-state index < -0.39 is 11.9 Å². The average molecular weight is 504 g/mol. The summed E-state index contributed by atoms with van der Waals surface area (Å²) in [5, 5.41) is 1.33. The highest BCUT2D eigenvalue weighted by Gasteiger charge is 2.14. The first kappa shape index (κ1) is 20.3. The van der Waals surface area contributed by atoms with Crippen LogP contribution in [0.3, 0.4) is 0 Å². The van der Waals surface area contributed by atoms with Crippen LogP contribution in [0.15, 0.2) is 72.8 Å². The number of hydrogen-bond acceptors (Lipinski definition) is 4. The average Bonchev–Trinajstić information content (AvgIpc) is 2.74. The lowest BCUT2D eigenvalue weighted by atomic mass is 10.1. The molecule has 3 aromatic carbocycles. The van der Waals surface area contributed by atoms with Crippen LogP contribution in [0.2, 0.25) is 0 Å². The minimum Gasteiger partial charge on any atom is -0.423 e. The molecule has 0 amide bonds. The molecule has 0 aromatic heterocycles. The van der Waals surface area contributed by atoms with E-state index in [1.54, 1.807) is 42.5 Å². The van der Waals surface area contributed by atoms with Crippen molar-refractivity contribution in [3.63, 3.8) is 0 Å². The quantitative estimate of drug-likeness (QED) is 0.238.